The Morgan fingerprint density at radius 3 is 2.00 bits per heavy atom. The molecular weight excluding hydrogens is 168 g/mol. The third-order valence-electron chi connectivity index (χ3n) is 1.03. The van der Waals surface area contributed by atoms with Crippen LogP contribution in [0.15, 0.2) is 36.1 Å². The Bertz CT molecular complexity index is 224. The first-order valence-electron chi connectivity index (χ1n) is 4.05. The zero-order chi connectivity index (χ0) is 10.9. The normalized spacial score (nSPS) is 11.3. The number of carboxylic acids is 1. The molecule has 0 aromatic carbocycles. The fourth-order valence-electron chi connectivity index (χ4n) is 0.543. The van der Waals surface area contributed by atoms with Crippen LogP contribution in [0.3, 0.4) is 0 Å². The van der Waals surface area contributed by atoms with E-state index in [2.05, 4.69) is 6.58 Å². The number of carbonyl (C=O) groups is 1. The molecule has 0 aliphatic heterocycles. The van der Waals surface area contributed by atoms with Gasteiger partial charge in [0.25, 0.3) is 0 Å². The molecule has 0 spiro atoms. The lowest BCUT2D eigenvalue weighted by Crippen LogP contribution is -2.00. The number of aliphatic carboxylic acids is 1. The summed E-state index contributed by atoms with van der Waals surface area (Å²) in [4.78, 5) is 10.4. The van der Waals surface area contributed by atoms with Crippen molar-refractivity contribution in [1.29, 1.82) is 0 Å². The number of aliphatic hydroxyl groups is 1. The highest BCUT2D eigenvalue weighted by Crippen LogP contribution is 2.04. The summed E-state index contributed by atoms with van der Waals surface area (Å²) in [6.07, 6.45) is 3.92. The van der Waals surface area contributed by atoms with E-state index in [1.807, 2.05) is 13.8 Å². The van der Waals surface area contributed by atoms with Crippen molar-refractivity contribution in [2.75, 3.05) is 0 Å². The predicted molar refractivity (Wildman–Crippen MR) is 53.6 cm³/mol. The van der Waals surface area contributed by atoms with Crippen LogP contribution in [0.1, 0.15) is 20.8 Å². The highest BCUT2D eigenvalue weighted by atomic mass is 16.4. The van der Waals surface area contributed by atoms with Crippen molar-refractivity contribution in [1.82, 2.24) is 0 Å². The molecule has 2 N–H and O–H groups in total. The van der Waals surface area contributed by atoms with Crippen LogP contribution in [-0.4, -0.2) is 16.2 Å². The molecule has 3 heteroatoms. The zero-order valence-electron chi connectivity index (χ0n) is 8.24. The molecule has 3 nitrogen and oxygen atoms in total. The van der Waals surface area contributed by atoms with E-state index >= 15 is 0 Å². The van der Waals surface area contributed by atoms with Crippen molar-refractivity contribution in [2.45, 2.75) is 20.8 Å². The zero-order valence-corrected chi connectivity index (χ0v) is 8.24. The monoisotopic (exact) mass is 184 g/mol. The maximum absolute atomic E-state index is 10.4. The number of hydrogen-bond donors (Lipinski definition) is 2. The van der Waals surface area contributed by atoms with Crippen molar-refractivity contribution < 1.29 is 15.0 Å². The summed E-state index contributed by atoms with van der Waals surface area (Å²) in [6.45, 7) is 8.91. The molecule has 0 aromatic heterocycles. The van der Waals surface area contributed by atoms with Gasteiger partial charge in [-0.1, -0.05) is 26.5 Å². The number of aliphatic hydroxyl groups excluding tert-OH is 1. The predicted octanol–water partition coefficient (Wildman–Crippen LogP) is 2.67. The van der Waals surface area contributed by atoms with E-state index in [-0.39, 0.29) is 11.3 Å². The highest BCUT2D eigenvalue weighted by Gasteiger charge is 2.06. The molecule has 0 aliphatic rings. The summed E-state index contributed by atoms with van der Waals surface area (Å²) in [5, 5.41) is 17.4. The van der Waals surface area contributed by atoms with Gasteiger partial charge in [-0.25, -0.2) is 4.79 Å². The van der Waals surface area contributed by atoms with Gasteiger partial charge in [-0.2, -0.15) is 0 Å². The lowest BCUT2D eigenvalue weighted by molar-refractivity contribution is -0.132. The summed E-state index contributed by atoms with van der Waals surface area (Å²) >= 11 is 0. The van der Waals surface area contributed by atoms with Gasteiger partial charge in [0.2, 0.25) is 0 Å². The molecule has 0 saturated carbocycles. The number of carboxylic acid groups (broad SMARTS) is 1. The van der Waals surface area contributed by atoms with E-state index in [0.717, 1.165) is 6.08 Å². The highest BCUT2D eigenvalue weighted by molar-refractivity contribution is 5.90. The Labute approximate surface area is 78.7 Å². The minimum absolute atomic E-state index is 0.150. The molecule has 0 heterocycles. The van der Waals surface area contributed by atoms with E-state index < -0.39 is 5.97 Å². The molecule has 0 rings (SSSR count). The summed E-state index contributed by atoms with van der Waals surface area (Å²) in [5.41, 5.74) is -0.150. The van der Waals surface area contributed by atoms with Crippen LogP contribution in [0.2, 0.25) is 0 Å². The Morgan fingerprint density at radius 1 is 1.31 bits per heavy atom. The molecule has 0 bridgehead atoms. The first kappa shape index (κ1) is 14.0. The van der Waals surface area contributed by atoms with Gasteiger partial charge in [0.05, 0.1) is 0 Å². The molecule has 13 heavy (non-hydrogen) atoms. The van der Waals surface area contributed by atoms with Crippen LogP contribution in [0, 0.1) is 0 Å². The SMILES string of the molecule is C=C/C(O)=C(\C=C/C)C(=O)O.CC. The fourth-order valence-corrected chi connectivity index (χ4v) is 0.543. The maximum atomic E-state index is 10.4. The topological polar surface area (TPSA) is 57.5 Å². The third-order valence-corrected chi connectivity index (χ3v) is 1.03. The Balaban J connectivity index is 0. The molecule has 0 atom stereocenters. The second-order valence-corrected chi connectivity index (χ2v) is 1.81. The Morgan fingerprint density at radius 2 is 1.77 bits per heavy atom. The molecular formula is C10H16O3. The van der Waals surface area contributed by atoms with E-state index in [1.54, 1.807) is 6.92 Å². The standard InChI is InChI=1S/C8H10O3.C2H6/c1-3-5-6(8(10)11)7(9)4-2;1-2/h3-5,9H,2H2,1H3,(H,10,11);1-2H3/b5-3-,7-6-;. The van der Waals surface area contributed by atoms with E-state index in [0.29, 0.717) is 0 Å². The van der Waals surface area contributed by atoms with Gasteiger partial charge in [0.15, 0.2) is 0 Å². The minimum Gasteiger partial charge on any atom is -0.507 e. The smallest absolute Gasteiger partial charge is 0.339 e. The lowest BCUT2D eigenvalue weighted by atomic mass is 10.2. The van der Waals surface area contributed by atoms with Gasteiger partial charge in [0, 0.05) is 0 Å². The van der Waals surface area contributed by atoms with Gasteiger partial charge in [-0.3, -0.25) is 0 Å². The number of allylic oxidation sites excluding steroid dienone is 2. The van der Waals surface area contributed by atoms with E-state index in [4.69, 9.17) is 10.2 Å². The third kappa shape index (κ3) is 5.73. The quantitative estimate of drug-likeness (QED) is 0.402. The van der Waals surface area contributed by atoms with Crippen LogP contribution in [0.25, 0.3) is 0 Å². The van der Waals surface area contributed by atoms with Crippen LogP contribution in [0.5, 0.6) is 0 Å². The van der Waals surface area contributed by atoms with Crippen LogP contribution in [-0.2, 0) is 4.79 Å². The lowest BCUT2D eigenvalue weighted by Gasteiger charge is -1.95. The molecule has 0 saturated heterocycles. The molecule has 74 valence electrons. The van der Waals surface area contributed by atoms with Crippen molar-refractivity contribution in [3.8, 4) is 0 Å². The number of hydrogen-bond acceptors (Lipinski definition) is 2. The van der Waals surface area contributed by atoms with Gasteiger partial charge in [-0.05, 0) is 19.1 Å². The number of rotatable bonds is 3. The van der Waals surface area contributed by atoms with Gasteiger partial charge in [0.1, 0.15) is 11.3 Å². The second-order valence-electron chi connectivity index (χ2n) is 1.81. The average Bonchev–Trinajstić information content (AvgIpc) is 2.15. The first-order chi connectivity index (χ1) is 6.13. The van der Waals surface area contributed by atoms with Crippen molar-refractivity contribution in [3.05, 3.63) is 36.1 Å². The molecule has 0 radical (unpaired) electrons. The van der Waals surface area contributed by atoms with Crippen LogP contribution >= 0.6 is 0 Å². The van der Waals surface area contributed by atoms with Gasteiger partial charge >= 0.3 is 5.97 Å². The fraction of sp³-hybridized carbons (Fsp3) is 0.300. The summed E-state index contributed by atoms with van der Waals surface area (Å²) in [6, 6.07) is 0. The van der Waals surface area contributed by atoms with Crippen molar-refractivity contribution in [2.24, 2.45) is 0 Å². The summed E-state index contributed by atoms with van der Waals surface area (Å²) in [7, 11) is 0. The van der Waals surface area contributed by atoms with Gasteiger partial charge < -0.3 is 10.2 Å². The van der Waals surface area contributed by atoms with Crippen LogP contribution in [0.4, 0.5) is 0 Å². The van der Waals surface area contributed by atoms with Crippen molar-refractivity contribution in [3.63, 3.8) is 0 Å². The van der Waals surface area contributed by atoms with Crippen molar-refractivity contribution >= 4 is 5.97 Å². The molecule has 0 unspecified atom stereocenters. The molecule has 0 aromatic rings. The van der Waals surface area contributed by atoms with E-state index in [1.165, 1.54) is 12.2 Å². The molecule has 0 amide bonds. The Kier molecular flexibility index (Phi) is 9.27. The summed E-state index contributed by atoms with van der Waals surface area (Å²) in [5.74, 6) is -1.49. The average molecular weight is 184 g/mol. The first-order valence-corrected chi connectivity index (χ1v) is 4.05. The summed E-state index contributed by atoms with van der Waals surface area (Å²) < 4.78 is 0. The molecule has 0 aliphatic carbocycles. The maximum Gasteiger partial charge on any atom is 0.339 e. The largest absolute Gasteiger partial charge is 0.507 e. The second kappa shape index (κ2) is 8.59. The van der Waals surface area contributed by atoms with E-state index in [9.17, 15) is 4.79 Å². The Hall–Kier alpha value is -1.51. The molecule has 0 fully saturated rings. The van der Waals surface area contributed by atoms with Crippen LogP contribution < -0.4 is 0 Å². The minimum atomic E-state index is -1.17. The van der Waals surface area contributed by atoms with Gasteiger partial charge in [-0.15, -0.1) is 0 Å².